The molecule has 0 saturated carbocycles. The largest absolute Gasteiger partial charge is 0.483 e. The minimum absolute atomic E-state index is 0.142. The zero-order chi connectivity index (χ0) is 22.1. The lowest BCUT2D eigenvalue weighted by molar-refractivity contribution is -0.142. The Balaban J connectivity index is 2.13. The van der Waals surface area contributed by atoms with Gasteiger partial charge in [0.2, 0.25) is 5.91 Å². The monoisotopic (exact) mass is 430 g/mol. The van der Waals surface area contributed by atoms with Gasteiger partial charge < -0.3 is 15.0 Å². The van der Waals surface area contributed by atoms with Crippen LogP contribution < -0.4 is 10.1 Å². The fourth-order valence-corrected chi connectivity index (χ4v) is 3.35. The molecule has 0 fully saturated rings. The van der Waals surface area contributed by atoms with E-state index >= 15 is 0 Å². The van der Waals surface area contributed by atoms with Crippen LogP contribution >= 0.6 is 11.6 Å². The number of carbonyl (C=O) groups excluding carboxylic acids is 2. The second-order valence-corrected chi connectivity index (χ2v) is 7.97. The van der Waals surface area contributed by atoms with Gasteiger partial charge in [-0.2, -0.15) is 0 Å². The maximum atomic E-state index is 13.0. The van der Waals surface area contributed by atoms with Crippen molar-refractivity contribution in [3.8, 4) is 5.75 Å². The van der Waals surface area contributed by atoms with Crippen LogP contribution in [0, 0.1) is 13.8 Å². The lowest BCUT2D eigenvalue weighted by atomic mass is 10.1. The van der Waals surface area contributed by atoms with Crippen LogP contribution in [0.3, 0.4) is 0 Å². The Morgan fingerprint density at radius 2 is 1.93 bits per heavy atom. The van der Waals surface area contributed by atoms with Crippen LogP contribution in [0.25, 0.3) is 0 Å². The van der Waals surface area contributed by atoms with Gasteiger partial charge in [0, 0.05) is 18.1 Å². The van der Waals surface area contributed by atoms with Crippen molar-refractivity contribution in [2.75, 3.05) is 13.2 Å². The van der Waals surface area contributed by atoms with Gasteiger partial charge in [0.05, 0.1) is 0 Å². The van der Waals surface area contributed by atoms with Crippen molar-refractivity contribution in [2.45, 2.75) is 53.1 Å². The highest BCUT2D eigenvalue weighted by Gasteiger charge is 2.26. The minimum atomic E-state index is -0.629. The zero-order valence-electron chi connectivity index (χ0n) is 18.2. The van der Waals surface area contributed by atoms with Crippen LogP contribution in [-0.2, 0) is 16.1 Å². The first-order valence-corrected chi connectivity index (χ1v) is 10.7. The quantitative estimate of drug-likeness (QED) is 0.557. The van der Waals surface area contributed by atoms with Gasteiger partial charge in [-0.3, -0.25) is 9.59 Å². The fourth-order valence-electron chi connectivity index (χ4n) is 3.13. The van der Waals surface area contributed by atoms with Crippen molar-refractivity contribution >= 4 is 23.4 Å². The smallest absolute Gasteiger partial charge is 0.261 e. The lowest BCUT2D eigenvalue weighted by Gasteiger charge is -2.29. The molecule has 0 aliphatic heterocycles. The molecule has 0 aromatic heterocycles. The van der Waals surface area contributed by atoms with Crippen molar-refractivity contribution in [3.63, 3.8) is 0 Å². The Bertz CT molecular complexity index is 869. The van der Waals surface area contributed by atoms with Gasteiger partial charge in [-0.15, -0.1) is 0 Å². The number of rotatable bonds is 10. The molecule has 0 aliphatic rings. The zero-order valence-corrected chi connectivity index (χ0v) is 19.0. The number of aryl methyl sites for hydroxylation is 2. The third kappa shape index (κ3) is 7.06. The van der Waals surface area contributed by atoms with Crippen molar-refractivity contribution in [1.29, 1.82) is 0 Å². The van der Waals surface area contributed by atoms with E-state index in [4.69, 9.17) is 16.3 Å². The molecular weight excluding hydrogens is 400 g/mol. The summed E-state index contributed by atoms with van der Waals surface area (Å²) in [5.74, 6) is 0.232. The first-order valence-electron chi connectivity index (χ1n) is 10.3. The standard InChI is InChI=1S/C24H31ClN2O3/c1-5-6-12-26-24(29)19(4)27(15-20-8-7-9-21(25)14-20)23(28)16-30-22-11-10-17(2)13-18(22)3/h7-11,13-14,19H,5-6,12,15-16H2,1-4H3,(H,26,29). The maximum Gasteiger partial charge on any atom is 0.261 e. The first kappa shape index (κ1) is 23.7. The Kier molecular flexibility index (Phi) is 9.18. The van der Waals surface area contributed by atoms with E-state index in [0.717, 1.165) is 29.5 Å². The van der Waals surface area contributed by atoms with Gasteiger partial charge in [0.25, 0.3) is 5.91 Å². The van der Waals surface area contributed by atoms with E-state index in [9.17, 15) is 9.59 Å². The summed E-state index contributed by atoms with van der Waals surface area (Å²) >= 11 is 6.10. The molecule has 0 radical (unpaired) electrons. The summed E-state index contributed by atoms with van der Waals surface area (Å²) < 4.78 is 5.78. The highest BCUT2D eigenvalue weighted by atomic mass is 35.5. The summed E-state index contributed by atoms with van der Waals surface area (Å²) in [6, 6.07) is 12.5. The van der Waals surface area contributed by atoms with Crippen LogP contribution in [0.1, 0.15) is 43.4 Å². The van der Waals surface area contributed by atoms with Gasteiger partial charge >= 0.3 is 0 Å². The normalized spacial score (nSPS) is 11.6. The van der Waals surface area contributed by atoms with Gasteiger partial charge in [0.15, 0.2) is 6.61 Å². The SMILES string of the molecule is CCCCNC(=O)C(C)N(Cc1cccc(Cl)c1)C(=O)COc1ccc(C)cc1C. The predicted octanol–water partition coefficient (Wildman–Crippen LogP) is 4.67. The van der Waals surface area contributed by atoms with Gasteiger partial charge in [-0.1, -0.05) is 54.8 Å². The summed E-state index contributed by atoms with van der Waals surface area (Å²) in [6.45, 7) is 8.48. The molecular formula is C24H31ClN2O3. The highest BCUT2D eigenvalue weighted by Crippen LogP contribution is 2.20. The van der Waals surface area contributed by atoms with E-state index in [-0.39, 0.29) is 25.0 Å². The minimum Gasteiger partial charge on any atom is -0.483 e. The van der Waals surface area contributed by atoms with Crippen LogP contribution in [0.4, 0.5) is 0 Å². The Hall–Kier alpha value is -2.53. The maximum absolute atomic E-state index is 13.0. The van der Waals surface area contributed by atoms with Crippen LogP contribution in [0.2, 0.25) is 5.02 Å². The van der Waals surface area contributed by atoms with Crippen molar-refractivity contribution in [2.24, 2.45) is 0 Å². The molecule has 162 valence electrons. The summed E-state index contributed by atoms with van der Waals surface area (Å²) in [7, 11) is 0. The van der Waals surface area contributed by atoms with E-state index in [2.05, 4.69) is 12.2 Å². The second-order valence-electron chi connectivity index (χ2n) is 7.53. The average molecular weight is 431 g/mol. The van der Waals surface area contributed by atoms with Crippen LogP contribution in [0.15, 0.2) is 42.5 Å². The number of benzene rings is 2. The molecule has 0 bridgehead atoms. The lowest BCUT2D eigenvalue weighted by Crippen LogP contribution is -2.49. The van der Waals surface area contributed by atoms with Crippen molar-refractivity contribution < 1.29 is 14.3 Å². The summed E-state index contributed by atoms with van der Waals surface area (Å²) in [4.78, 5) is 27.2. The third-order valence-electron chi connectivity index (χ3n) is 4.92. The molecule has 0 saturated heterocycles. The molecule has 1 unspecified atom stereocenters. The number of carbonyl (C=O) groups is 2. The number of halogens is 1. The molecule has 2 aromatic carbocycles. The Morgan fingerprint density at radius 1 is 1.17 bits per heavy atom. The van der Waals surface area contributed by atoms with Crippen molar-refractivity contribution in [1.82, 2.24) is 10.2 Å². The van der Waals surface area contributed by atoms with Gasteiger partial charge in [0.1, 0.15) is 11.8 Å². The summed E-state index contributed by atoms with van der Waals surface area (Å²) in [6.07, 6.45) is 1.89. The van der Waals surface area contributed by atoms with Crippen molar-refractivity contribution in [3.05, 3.63) is 64.2 Å². The Morgan fingerprint density at radius 3 is 2.60 bits per heavy atom. The van der Waals surface area contributed by atoms with Gasteiger partial charge in [-0.25, -0.2) is 0 Å². The molecule has 0 aliphatic carbocycles. The third-order valence-corrected chi connectivity index (χ3v) is 5.16. The molecule has 6 heteroatoms. The topological polar surface area (TPSA) is 58.6 Å². The van der Waals surface area contributed by atoms with Gasteiger partial charge in [-0.05, 0) is 56.5 Å². The first-order chi connectivity index (χ1) is 14.3. The summed E-state index contributed by atoms with van der Waals surface area (Å²) in [5, 5.41) is 3.49. The summed E-state index contributed by atoms with van der Waals surface area (Å²) in [5.41, 5.74) is 2.95. The molecule has 2 amide bonds. The number of hydrogen-bond acceptors (Lipinski definition) is 3. The molecule has 1 atom stereocenters. The van der Waals surface area contributed by atoms with E-state index < -0.39 is 6.04 Å². The number of nitrogens with one attached hydrogen (secondary N) is 1. The van der Waals surface area contributed by atoms with E-state index in [1.54, 1.807) is 19.1 Å². The van der Waals surface area contributed by atoms with E-state index in [0.29, 0.717) is 17.3 Å². The molecule has 0 heterocycles. The van der Waals surface area contributed by atoms with Crippen LogP contribution in [-0.4, -0.2) is 35.9 Å². The molecule has 30 heavy (non-hydrogen) atoms. The molecule has 2 rings (SSSR count). The van der Waals surface area contributed by atoms with E-state index in [1.165, 1.54) is 4.90 Å². The predicted molar refractivity (Wildman–Crippen MR) is 121 cm³/mol. The molecule has 0 spiro atoms. The fraction of sp³-hybridized carbons (Fsp3) is 0.417. The second kappa shape index (κ2) is 11.6. The number of nitrogens with zero attached hydrogens (tertiary/aromatic N) is 1. The van der Waals surface area contributed by atoms with Crippen LogP contribution in [0.5, 0.6) is 5.75 Å². The molecule has 2 aromatic rings. The number of hydrogen-bond donors (Lipinski definition) is 1. The molecule has 5 nitrogen and oxygen atoms in total. The average Bonchev–Trinajstić information content (AvgIpc) is 2.71. The number of unbranched alkanes of at least 4 members (excludes halogenated alkanes) is 1. The highest BCUT2D eigenvalue weighted by molar-refractivity contribution is 6.30. The number of ether oxygens (including phenoxy) is 1. The Labute approximate surface area is 184 Å². The number of amides is 2. The molecule has 1 N–H and O–H groups in total. The van der Waals surface area contributed by atoms with E-state index in [1.807, 2.05) is 44.2 Å².